The molecule has 0 fully saturated rings. The van der Waals surface area contributed by atoms with Crippen LogP contribution in [0.3, 0.4) is 0 Å². The number of rotatable bonds is 6. The van der Waals surface area contributed by atoms with Crippen LogP contribution in [0.15, 0.2) is 36.9 Å². The molecule has 0 saturated heterocycles. The van der Waals surface area contributed by atoms with Gasteiger partial charge in [-0.1, -0.05) is 18.2 Å². The second-order valence-electron chi connectivity index (χ2n) is 4.63. The molecule has 8 heteroatoms. The predicted octanol–water partition coefficient (Wildman–Crippen LogP) is 1.97. The minimum atomic E-state index is -4.51. The monoisotopic (exact) mass is 331 g/mol. The van der Waals surface area contributed by atoms with Gasteiger partial charge in [0.15, 0.2) is 6.10 Å². The van der Waals surface area contributed by atoms with Crippen molar-refractivity contribution in [2.75, 3.05) is 7.11 Å². The van der Waals surface area contributed by atoms with E-state index in [1.807, 2.05) is 0 Å². The summed E-state index contributed by atoms with van der Waals surface area (Å²) in [6.07, 6.45) is -4.76. The second kappa shape index (κ2) is 7.77. The number of aliphatic hydroxyl groups excluding tert-OH is 1. The molecule has 1 aromatic carbocycles. The number of aliphatic hydroxyl groups is 1. The summed E-state index contributed by atoms with van der Waals surface area (Å²) in [5.74, 6) is -1.65. The van der Waals surface area contributed by atoms with Crippen molar-refractivity contribution in [3.05, 3.63) is 48.0 Å². The second-order valence-corrected chi connectivity index (χ2v) is 4.63. The molecule has 0 aliphatic carbocycles. The Balaban J connectivity index is 2.83. The summed E-state index contributed by atoms with van der Waals surface area (Å²) >= 11 is 0. The Hall–Kier alpha value is -2.35. The van der Waals surface area contributed by atoms with Crippen LogP contribution in [0.25, 0.3) is 0 Å². The SMILES string of the molecule is C=CC[C@H](NC(=O)[C@H](O)c1ccc(C(F)(F)F)cc1)C(=O)OC. The number of alkyl halides is 3. The van der Waals surface area contributed by atoms with E-state index in [0.29, 0.717) is 0 Å². The summed E-state index contributed by atoms with van der Waals surface area (Å²) in [6, 6.07) is 2.47. The number of esters is 1. The van der Waals surface area contributed by atoms with Gasteiger partial charge in [-0.15, -0.1) is 6.58 Å². The molecule has 5 nitrogen and oxygen atoms in total. The molecular weight excluding hydrogens is 315 g/mol. The van der Waals surface area contributed by atoms with Gasteiger partial charge in [0.25, 0.3) is 5.91 Å². The van der Waals surface area contributed by atoms with Gasteiger partial charge in [0.05, 0.1) is 12.7 Å². The number of amides is 1. The predicted molar refractivity (Wildman–Crippen MR) is 75.2 cm³/mol. The molecular formula is C15H16F3NO4. The molecule has 23 heavy (non-hydrogen) atoms. The van der Waals surface area contributed by atoms with Crippen molar-refractivity contribution in [2.24, 2.45) is 0 Å². The van der Waals surface area contributed by atoms with E-state index >= 15 is 0 Å². The first-order valence-corrected chi connectivity index (χ1v) is 6.55. The fourth-order valence-electron chi connectivity index (χ4n) is 1.78. The highest BCUT2D eigenvalue weighted by atomic mass is 19.4. The first-order valence-electron chi connectivity index (χ1n) is 6.55. The molecule has 0 saturated carbocycles. The molecule has 1 aromatic rings. The Morgan fingerprint density at radius 1 is 1.35 bits per heavy atom. The van der Waals surface area contributed by atoms with Gasteiger partial charge >= 0.3 is 12.1 Å². The molecule has 0 spiro atoms. The first-order chi connectivity index (χ1) is 10.7. The van der Waals surface area contributed by atoms with Crippen LogP contribution in [0.4, 0.5) is 13.2 Å². The number of carbonyl (C=O) groups is 2. The zero-order valence-corrected chi connectivity index (χ0v) is 12.3. The van der Waals surface area contributed by atoms with E-state index in [-0.39, 0.29) is 12.0 Å². The summed E-state index contributed by atoms with van der Waals surface area (Å²) in [5, 5.41) is 12.1. The van der Waals surface area contributed by atoms with Gasteiger partial charge in [-0.25, -0.2) is 4.79 Å². The number of halogens is 3. The Morgan fingerprint density at radius 2 is 1.91 bits per heavy atom. The maximum absolute atomic E-state index is 12.5. The molecule has 0 aliphatic heterocycles. The van der Waals surface area contributed by atoms with Crippen LogP contribution in [-0.4, -0.2) is 30.1 Å². The quantitative estimate of drug-likeness (QED) is 0.617. The highest BCUT2D eigenvalue weighted by Crippen LogP contribution is 2.29. The molecule has 0 radical (unpaired) electrons. The summed E-state index contributed by atoms with van der Waals surface area (Å²) in [4.78, 5) is 23.4. The van der Waals surface area contributed by atoms with Crippen LogP contribution >= 0.6 is 0 Å². The van der Waals surface area contributed by atoms with Crippen LogP contribution in [-0.2, 0) is 20.5 Å². The van der Waals surface area contributed by atoms with Crippen molar-refractivity contribution in [3.8, 4) is 0 Å². The molecule has 2 N–H and O–H groups in total. The maximum atomic E-state index is 12.5. The summed E-state index contributed by atoms with van der Waals surface area (Å²) in [5.41, 5.74) is -0.925. The van der Waals surface area contributed by atoms with Crippen molar-refractivity contribution >= 4 is 11.9 Å². The van der Waals surface area contributed by atoms with Crippen LogP contribution < -0.4 is 5.32 Å². The van der Waals surface area contributed by atoms with Gasteiger partial charge < -0.3 is 15.2 Å². The number of nitrogens with one attached hydrogen (secondary N) is 1. The third-order valence-electron chi connectivity index (χ3n) is 3.01. The Bertz CT molecular complexity index is 569. The topological polar surface area (TPSA) is 75.6 Å². The largest absolute Gasteiger partial charge is 0.467 e. The van der Waals surface area contributed by atoms with Crippen molar-refractivity contribution in [1.82, 2.24) is 5.32 Å². The highest BCUT2D eigenvalue weighted by Gasteiger charge is 2.31. The molecule has 2 atom stereocenters. The fraction of sp³-hybridized carbons (Fsp3) is 0.333. The number of methoxy groups -OCH3 is 1. The zero-order chi connectivity index (χ0) is 17.6. The molecule has 0 aliphatic rings. The number of hydrogen-bond acceptors (Lipinski definition) is 4. The van der Waals surface area contributed by atoms with Crippen LogP contribution in [0, 0.1) is 0 Å². The van der Waals surface area contributed by atoms with Gasteiger partial charge in [-0.3, -0.25) is 4.79 Å². The summed E-state index contributed by atoms with van der Waals surface area (Å²) < 4.78 is 41.9. The Labute approximate surface area is 130 Å². The average Bonchev–Trinajstić information content (AvgIpc) is 2.52. The molecule has 0 heterocycles. The summed E-state index contributed by atoms with van der Waals surface area (Å²) in [6.45, 7) is 3.43. The van der Waals surface area contributed by atoms with Crippen LogP contribution in [0.2, 0.25) is 0 Å². The van der Waals surface area contributed by atoms with Gasteiger partial charge in [0.1, 0.15) is 6.04 Å². The lowest BCUT2D eigenvalue weighted by molar-refractivity contribution is -0.146. The molecule has 1 amide bonds. The number of ether oxygens (including phenoxy) is 1. The lowest BCUT2D eigenvalue weighted by atomic mass is 10.1. The third kappa shape index (κ3) is 5.10. The normalized spacial score (nSPS) is 13.8. The molecule has 126 valence electrons. The lowest BCUT2D eigenvalue weighted by Gasteiger charge is -2.18. The number of carbonyl (C=O) groups excluding carboxylic acids is 2. The van der Waals surface area contributed by atoms with E-state index < -0.39 is 35.8 Å². The maximum Gasteiger partial charge on any atom is 0.416 e. The average molecular weight is 331 g/mol. The van der Waals surface area contributed by atoms with E-state index in [0.717, 1.165) is 31.4 Å². The number of hydrogen-bond donors (Lipinski definition) is 2. The van der Waals surface area contributed by atoms with Crippen molar-refractivity contribution in [3.63, 3.8) is 0 Å². The highest BCUT2D eigenvalue weighted by molar-refractivity contribution is 5.87. The van der Waals surface area contributed by atoms with Crippen molar-refractivity contribution in [1.29, 1.82) is 0 Å². The number of benzene rings is 1. The standard InChI is InChI=1S/C15H16F3NO4/c1-3-4-11(14(22)23-2)19-13(21)12(20)9-5-7-10(8-6-9)15(16,17)18/h3,5-8,11-12,20H,1,4H2,2H3,(H,19,21)/t11-,12+/m0/s1. The molecule has 0 bridgehead atoms. The zero-order valence-electron chi connectivity index (χ0n) is 12.3. The smallest absolute Gasteiger partial charge is 0.416 e. The van der Waals surface area contributed by atoms with E-state index in [4.69, 9.17) is 0 Å². The van der Waals surface area contributed by atoms with Crippen molar-refractivity contribution in [2.45, 2.75) is 24.7 Å². The molecule has 1 rings (SSSR count). The third-order valence-corrected chi connectivity index (χ3v) is 3.01. The van der Waals surface area contributed by atoms with E-state index in [1.165, 1.54) is 6.08 Å². The van der Waals surface area contributed by atoms with Crippen LogP contribution in [0.5, 0.6) is 0 Å². The Kier molecular flexibility index (Phi) is 6.32. The van der Waals surface area contributed by atoms with Crippen molar-refractivity contribution < 1.29 is 32.6 Å². The summed E-state index contributed by atoms with van der Waals surface area (Å²) in [7, 11) is 1.14. The van der Waals surface area contributed by atoms with Crippen LogP contribution in [0.1, 0.15) is 23.7 Å². The first kappa shape index (κ1) is 18.7. The minimum absolute atomic E-state index is 0.0299. The lowest BCUT2D eigenvalue weighted by Crippen LogP contribution is -2.43. The van der Waals surface area contributed by atoms with Gasteiger partial charge in [0, 0.05) is 0 Å². The Morgan fingerprint density at radius 3 is 2.35 bits per heavy atom. The van der Waals surface area contributed by atoms with E-state index in [1.54, 1.807) is 0 Å². The minimum Gasteiger partial charge on any atom is -0.467 e. The molecule has 0 aromatic heterocycles. The van der Waals surface area contributed by atoms with E-state index in [9.17, 15) is 27.9 Å². The molecule has 0 unspecified atom stereocenters. The van der Waals surface area contributed by atoms with Gasteiger partial charge in [-0.2, -0.15) is 13.2 Å². The fourth-order valence-corrected chi connectivity index (χ4v) is 1.78. The van der Waals surface area contributed by atoms with E-state index in [2.05, 4.69) is 16.6 Å². The van der Waals surface area contributed by atoms with Gasteiger partial charge in [0.2, 0.25) is 0 Å². The van der Waals surface area contributed by atoms with Gasteiger partial charge in [-0.05, 0) is 24.1 Å².